The highest BCUT2D eigenvalue weighted by Crippen LogP contribution is 2.30. The Kier molecular flexibility index (Phi) is 3.09. The number of anilines is 1. The lowest BCUT2D eigenvalue weighted by Crippen LogP contribution is -1.98. The van der Waals surface area contributed by atoms with Crippen molar-refractivity contribution in [3.8, 4) is 17.8 Å². The Hall–Kier alpha value is -3.20. The molecule has 0 aliphatic carbocycles. The van der Waals surface area contributed by atoms with Gasteiger partial charge in [0.2, 0.25) is 0 Å². The maximum absolute atomic E-state index is 8.94. The number of rotatable bonds is 2. The monoisotopic (exact) mass is 277 g/mol. The smallest absolute Gasteiger partial charge is 0.323 e. The molecule has 0 bridgehead atoms. The van der Waals surface area contributed by atoms with E-state index in [0.29, 0.717) is 22.6 Å². The Labute approximate surface area is 120 Å². The van der Waals surface area contributed by atoms with E-state index in [4.69, 9.17) is 15.7 Å². The minimum Gasteiger partial charge on any atom is -0.422 e. The summed E-state index contributed by atoms with van der Waals surface area (Å²) in [6, 6.07) is 10.8. The van der Waals surface area contributed by atoms with E-state index in [9.17, 15) is 0 Å². The Morgan fingerprint density at radius 2 is 2.10 bits per heavy atom. The molecule has 0 aliphatic rings. The first-order valence-corrected chi connectivity index (χ1v) is 6.24. The molecule has 2 heterocycles. The molecule has 0 saturated heterocycles. The van der Waals surface area contributed by atoms with Crippen LogP contribution < -0.4 is 10.5 Å². The summed E-state index contributed by atoms with van der Waals surface area (Å²) in [6.45, 7) is 1.77. The van der Waals surface area contributed by atoms with E-state index in [-0.39, 0.29) is 11.7 Å². The number of pyridine rings is 1. The SMILES string of the molecule is Cc1cc(C#N)nc(Oc2ccc(N)c3cccnc23)n1. The molecule has 3 rings (SSSR count). The summed E-state index contributed by atoms with van der Waals surface area (Å²) >= 11 is 0. The second-order valence-corrected chi connectivity index (χ2v) is 4.44. The summed E-state index contributed by atoms with van der Waals surface area (Å²) < 4.78 is 5.68. The minimum atomic E-state index is 0.114. The van der Waals surface area contributed by atoms with Crippen LogP contribution in [0.4, 0.5) is 5.69 Å². The fraction of sp³-hybridized carbons (Fsp3) is 0.0667. The Bertz CT molecular complexity index is 870. The summed E-state index contributed by atoms with van der Waals surface area (Å²) in [4.78, 5) is 12.5. The summed E-state index contributed by atoms with van der Waals surface area (Å²) in [6.07, 6.45) is 1.66. The van der Waals surface area contributed by atoms with Gasteiger partial charge in [0, 0.05) is 23.0 Å². The summed E-state index contributed by atoms with van der Waals surface area (Å²) in [5.41, 5.74) is 8.07. The van der Waals surface area contributed by atoms with Crippen LogP contribution in [0.15, 0.2) is 36.5 Å². The van der Waals surface area contributed by atoms with Gasteiger partial charge in [-0.2, -0.15) is 10.2 Å². The molecule has 6 nitrogen and oxygen atoms in total. The molecule has 0 aliphatic heterocycles. The molecule has 0 saturated carbocycles. The van der Waals surface area contributed by atoms with Crippen molar-refractivity contribution >= 4 is 16.6 Å². The third-order valence-electron chi connectivity index (χ3n) is 2.92. The highest BCUT2D eigenvalue weighted by molar-refractivity contribution is 5.94. The van der Waals surface area contributed by atoms with E-state index in [1.54, 1.807) is 37.4 Å². The molecule has 0 atom stereocenters. The van der Waals surface area contributed by atoms with Gasteiger partial charge in [-0.3, -0.25) is 4.98 Å². The summed E-state index contributed by atoms with van der Waals surface area (Å²) in [5.74, 6) is 0.495. The number of nitrogens with two attached hydrogens (primary N) is 1. The lowest BCUT2D eigenvalue weighted by molar-refractivity contribution is 0.443. The molecule has 3 aromatic rings. The topological polar surface area (TPSA) is 97.7 Å². The Morgan fingerprint density at radius 1 is 1.24 bits per heavy atom. The molecule has 2 aromatic heterocycles. The van der Waals surface area contributed by atoms with E-state index in [2.05, 4.69) is 15.0 Å². The van der Waals surface area contributed by atoms with Crippen LogP contribution in [0.25, 0.3) is 10.9 Å². The number of hydrogen-bond donors (Lipinski definition) is 1. The third kappa shape index (κ3) is 2.44. The fourth-order valence-electron chi connectivity index (χ4n) is 1.99. The van der Waals surface area contributed by atoms with Crippen LogP contribution in [0, 0.1) is 18.3 Å². The van der Waals surface area contributed by atoms with Crippen LogP contribution in [-0.2, 0) is 0 Å². The normalized spacial score (nSPS) is 10.3. The second kappa shape index (κ2) is 5.06. The molecule has 1 aromatic carbocycles. The predicted molar refractivity (Wildman–Crippen MR) is 77.7 cm³/mol. The van der Waals surface area contributed by atoms with Gasteiger partial charge in [0.05, 0.1) is 0 Å². The zero-order valence-corrected chi connectivity index (χ0v) is 11.2. The van der Waals surface area contributed by atoms with Gasteiger partial charge in [0.15, 0.2) is 5.75 Å². The van der Waals surface area contributed by atoms with Gasteiger partial charge < -0.3 is 10.5 Å². The van der Waals surface area contributed by atoms with Crippen molar-refractivity contribution in [2.24, 2.45) is 0 Å². The molecule has 102 valence electrons. The van der Waals surface area contributed by atoms with Crippen LogP contribution >= 0.6 is 0 Å². The van der Waals surface area contributed by atoms with Crippen molar-refractivity contribution in [2.75, 3.05) is 5.73 Å². The number of hydrogen-bond acceptors (Lipinski definition) is 6. The van der Waals surface area contributed by atoms with Crippen molar-refractivity contribution in [1.82, 2.24) is 15.0 Å². The van der Waals surface area contributed by atoms with Crippen LogP contribution in [0.5, 0.6) is 11.8 Å². The van der Waals surface area contributed by atoms with Gasteiger partial charge in [0.1, 0.15) is 17.3 Å². The van der Waals surface area contributed by atoms with Gasteiger partial charge in [-0.25, -0.2) is 4.98 Å². The lowest BCUT2D eigenvalue weighted by Gasteiger charge is -2.08. The highest BCUT2D eigenvalue weighted by atomic mass is 16.5. The fourth-order valence-corrected chi connectivity index (χ4v) is 1.99. The molecule has 0 fully saturated rings. The van der Waals surface area contributed by atoms with Gasteiger partial charge >= 0.3 is 6.01 Å². The number of nitriles is 1. The first kappa shape index (κ1) is 12.8. The van der Waals surface area contributed by atoms with Crippen LogP contribution in [-0.4, -0.2) is 15.0 Å². The largest absolute Gasteiger partial charge is 0.422 e. The average molecular weight is 277 g/mol. The number of aryl methyl sites for hydroxylation is 1. The number of aromatic nitrogens is 3. The lowest BCUT2D eigenvalue weighted by atomic mass is 10.2. The Balaban J connectivity index is 2.09. The molecule has 0 radical (unpaired) electrons. The van der Waals surface area contributed by atoms with Crippen molar-refractivity contribution in [1.29, 1.82) is 5.26 Å². The quantitative estimate of drug-likeness (QED) is 0.723. The Morgan fingerprint density at radius 3 is 2.90 bits per heavy atom. The zero-order valence-electron chi connectivity index (χ0n) is 11.2. The first-order chi connectivity index (χ1) is 10.2. The number of nitrogens with zero attached hydrogens (tertiary/aromatic N) is 4. The summed E-state index contributed by atoms with van der Waals surface area (Å²) in [5, 5.41) is 9.73. The van der Waals surface area contributed by atoms with E-state index in [1.807, 2.05) is 12.1 Å². The van der Waals surface area contributed by atoms with Gasteiger partial charge in [-0.1, -0.05) is 0 Å². The number of fused-ring (bicyclic) bond motifs is 1. The van der Waals surface area contributed by atoms with E-state index in [1.165, 1.54) is 0 Å². The van der Waals surface area contributed by atoms with Crippen LogP contribution in [0.1, 0.15) is 11.4 Å². The second-order valence-electron chi connectivity index (χ2n) is 4.44. The van der Waals surface area contributed by atoms with Crippen molar-refractivity contribution in [2.45, 2.75) is 6.92 Å². The van der Waals surface area contributed by atoms with Crippen molar-refractivity contribution in [3.63, 3.8) is 0 Å². The van der Waals surface area contributed by atoms with E-state index in [0.717, 1.165) is 5.39 Å². The number of ether oxygens (including phenoxy) is 1. The molecule has 0 unspecified atom stereocenters. The zero-order chi connectivity index (χ0) is 14.8. The maximum Gasteiger partial charge on any atom is 0.323 e. The molecular weight excluding hydrogens is 266 g/mol. The van der Waals surface area contributed by atoms with Gasteiger partial charge in [-0.15, -0.1) is 0 Å². The first-order valence-electron chi connectivity index (χ1n) is 6.24. The molecular formula is C15H11N5O. The third-order valence-corrected chi connectivity index (χ3v) is 2.92. The number of benzene rings is 1. The molecule has 0 spiro atoms. The van der Waals surface area contributed by atoms with Crippen LogP contribution in [0.3, 0.4) is 0 Å². The van der Waals surface area contributed by atoms with E-state index >= 15 is 0 Å². The van der Waals surface area contributed by atoms with Crippen LogP contribution in [0.2, 0.25) is 0 Å². The van der Waals surface area contributed by atoms with Gasteiger partial charge in [-0.05, 0) is 37.3 Å². The highest BCUT2D eigenvalue weighted by Gasteiger charge is 2.10. The molecule has 0 amide bonds. The standard InChI is InChI=1S/C15H11N5O/c1-9-7-10(8-16)20-15(19-9)21-13-5-4-12(17)11-3-2-6-18-14(11)13/h2-7H,17H2,1H3. The van der Waals surface area contributed by atoms with E-state index < -0.39 is 0 Å². The summed E-state index contributed by atoms with van der Waals surface area (Å²) in [7, 11) is 0. The maximum atomic E-state index is 8.94. The van der Waals surface area contributed by atoms with Crippen molar-refractivity contribution in [3.05, 3.63) is 47.9 Å². The van der Waals surface area contributed by atoms with Crippen molar-refractivity contribution < 1.29 is 4.74 Å². The minimum absolute atomic E-state index is 0.114. The molecule has 6 heteroatoms. The predicted octanol–water partition coefficient (Wildman–Crippen LogP) is 2.58. The van der Waals surface area contributed by atoms with Gasteiger partial charge in [0.25, 0.3) is 0 Å². The number of nitrogen functional groups attached to an aromatic ring is 1. The molecule has 21 heavy (non-hydrogen) atoms. The average Bonchev–Trinajstić information content (AvgIpc) is 2.50. The molecule has 2 N–H and O–H groups in total.